The SMILES string of the molecule is CCCn1c(CC(c2csc(C)n2)C(C)CC(N)=O)nc2ccc(Cl)cc21. The number of hydrogen-bond donors (Lipinski definition) is 1. The van der Waals surface area contributed by atoms with E-state index in [0.717, 1.165) is 40.5 Å². The number of thiazole rings is 1. The summed E-state index contributed by atoms with van der Waals surface area (Å²) in [5.74, 6) is 0.891. The highest BCUT2D eigenvalue weighted by Gasteiger charge is 2.26. The number of aromatic nitrogens is 3. The molecule has 0 radical (unpaired) electrons. The lowest BCUT2D eigenvalue weighted by Gasteiger charge is -2.22. The Morgan fingerprint density at radius 2 is 2.15 bits per heavy atom. The van der Waals surface area contributed by atoms with Crippen LogP contribution in [0.5, 0.6) is 0 Å². The van der Waals surface area contributed by atoms with E-state index in [-0.39, 0.29) is 17.7 Å². The van der Waals surface area contributed by atoms with Crippen LogP contribution in [0.1, 0.15) is 49.1 Å². The summed E-state index contributed by atoms with van der Waals surface area (Å²) in [5.41, 5.74) is 8.48. The number of halogens is 1. The van der Waals surface area contributed by atoms with Crippen molar-refractivity contribution < 1.29 is 4.79 Å². The predicted molar refractivity (Wildman–Crippen MR) is 111 cm³/mol. The smallest absolute Gasteiger partial charge is 0.217 e. The van der Waals surface area contributed by atoms with Gasteiger partial charge in [-0.15, -0.1) is 11.3 Å². The lowest BCUT2D eigenvalue weighted by molar-refractivity contribution is -0.118. The molecule has 144 valence electrons. The maximum absolute atomic E-state index is 11.5. The number of aryl methyl sites for hydroxylation is 2. The zero-order valence-electron chi connectivity index (χ0n) is 15.9. The van der Waals surface area contributed by atoms with Crippen LogP contribution >= 0.6 is 22.9 Å². The second-order valence-electron chi connectivity index (χ2n) is 7.06. The summed E-state index contributed by atoms with van der Waals surface area (Å²) in [6.07, 6.45) is 2.05. The summed E-state index contributed by atoms with van der Waals surface area (Å²) in [6.45, 7) is 7.09. The van der Waals surface area contributed by atoms with E-state index in [2.05, 4.69) is 28.8 Å². The van der Waals surface area contributed by atoms with Gasteiger partial charge in [0, 0.05) is 35.7 Å². The van der Waals surface area contributed by atoms with Crippen LogP contribution in [0.25, 0.3) is 11.0 Å². The van der Waals surface area contributed by atoms with Crippen LogP contribution in [0.2, 0.25) is 5.02 Å². The van der Waals surface area contributed by atoms with Crippen molar-refractivity contribution in [3.8, 4) is 0 Å². The van der Waals surface area contributed by atoms with E-state index in [1.807, 2.05) is 25.1 Å². The van der Waals surface area contributed by atoms with Gasteiger partial charge in [-0.25, -0.2) is 9.97 Å². The van der Waals surface area contributed by atoms with Crippen molar-refractivity contribution in [2.45, 2.75) is 52.5 Å². The fourth-order valence-corrected chi connectivity index (χ4v) is 4.42. The molecular weight excluding hydrogens is 380 g/mol. The molecule has 1 amide bonds. The Kier molecular flexibility index (Phi) is 6.17. The Labute approximate surface area is 168 Å². The van der Waals surface area contributed by atoms with E-state index in [9.17, 15) is 4.79 Å². The molecule has 27 heavy (non-hydrogen) atoms. The van der Waals surface area contributed by atoms with Gasteiger partial charge in [-0.2, -0.15) is 0 Å². The number of imidazole rings is 1. The van der Waals surface area contributed by atoms with Gasteiger partial charge in [-0.3, -0.25) is 4.79 Å². The lowest BCUT2D eigenvalue weighted by atomic mass is 9.85. The zero-order chi connectivity index (χ0) is 19.6. The molecule has 2 heterocycles. The number of carbonyl (C=O) groups is 1. The van der Waals surface area contributed by atoms with Crippen molar-refractivity contribution in [3.05, 3.63) is 45.1 Å². The van der Waals surface area contributed by atoms with Crippen LogP contribution in [0.3, 0.4) is 0 Å². The van der Waals surface area contributed by atoms with Crippen molar-refractivity contribution >= 4 is 39.9 Å². The average Bonchev–Trinajstić information content (AvgIpc) is 3.16. The molecule has 0 aliphatic heterocycles. The first-order chi connectivity index (χ1) is 12.9. The van der Waals surface area contributed by atoms with E-state index in [1.54, 1.807) is 11.3 Å². The monoisotopic (exact) mass is 404 g/mol. The summed E-state index contributed by atoms with van der Waals surface area (Å²) in [5, 5.41) is 3.82. The molecule has 0 aliphatic carbocycles. The summed E-state index contributed by atoms with van der Waals surface area (Å²) in [4.78, 5) is 21.1. The minimum Gasteiger partial charge on any atom is -0.370 e. The first-order valence-electron chi connectivity index (χ1n) is 9.24. The van der Waals surface area contributed by atoms with Crippen molar-refractivity contribution in [1.82, 2.24) is 14.5 Å². The highest BCUT2D eigenvalue weighted by atomic mass is 35.5. The predicted octanol–water partition coefficient (Wildman–Crippen LogP) is 4.70. The summed E-state index contributed by atoms with van der Waals surface area (Å²) in [7, 11) is 0. The minimum absolute atomic E-state index is 0.0856. The molecule has 2 N–H and O–H groups in total. The number of rotatable bonds is 8. The van der Waals surface area contributed by atoms with E-state index >= 15 is 0 Å². The molecule has 3 aromatic rings. The Bertz CT molecular complexity index is 949. The fraction of sp³-hybridized carbons (Fsp3) is 0.450. The first-order valence-corrected chi connectivity index (χ1v) is 10.5. The van der Waals surface area contributed by atoms with Crippen LogP contribution in [0.4, 0.5) is 0 Å². The van der Waals surface area contributed by atoms with Crippen LogP contribution in [-0.4, -0.2) is 20.4 Å². The molecular formula is C20H25ClN4OS. The lowest BCUT2D eigenvalue weighted by Crippen LogP contribution is -2.22. The highest BCUT2D eigenvalue weighted by Crippen LogP contribution is 2.32. The molecule has 0 fully saturated rings. The van der Waals surface area contributed by atoms with Gasteiger partial charge in [0.2, 0.25) is 5.91 Å². The third-order valence-corrected chi connectivity index (χ3v) is 5.89. The Morgan fingerprint density at radius 3 is 2.78 bits per heavy atom. The Morgan fingerprint density at radius 1 is 1.37 bits per heavy atom. The minimum atomic E-state index is -0.284. The van der Waals surface area contributed by atoms with Crippen LogP contribution < -0.4 is 5.73 Å². The van der Waals surface area contributed by atoms with Gasteiger partial charge in [0.25, 0.3) is 0 Å². The Hall–Kier alpha value is -1.92. The van der Waals surface area contributed by atoms with Gasteiger partial charge in [-0.05, 0) is 37.5 Å². The van der Waals surface area contributed by atoms with Gasteiger partial charge < -0.3 is 10.3 Å². The van der Waals surface area contributed by atoms with E-state index in [0.29, 0.717) is 17.9 Å². The molecule has 0 aliphatic rings. The van der Waals surface area contributed by atoms with Crippen LogP contribution in [0, 0.1) is 12.8 Å². The van der Waals surface area contributed by atoms with E-state index in [1.165, 1.54) is 0 Å². The van der Waals surface area contributed by atoms with E-state index in [4.69, 9.17) is 22.3 Å². The molecule has 0 saturated heterocycles. The fourth-order valence-electron chi connectivity index (χ4n) is 3.58. The molecule has 0 saturated carbocycles. The third kappa shape index (κ3) is 4.50. The average molecular weight is 405 g/mol. The topological polar surface area (TPSA) is 73.8 Å². The Balaban J connectivity index is 2.02. The molecule has 5 nitrogen and oxygen atoms in total. The van der Waals surface area contributed by atoms with Crippen molar-refractivity contribution in [1.29, 1.82) is 0 Å². The van der Waals surface area contributed by atoms with Crippen molar-refractivity contribution in [2.75, 3.05) is 0 Å². The summed E-state index contributed by atoms with van der Waals surface area (Å²) < 4.78 is 2.24. The quantitative estimate of drug-likeness (QED) is 0.591. The molecule has 2 unspecified atom stereocenters. The highest BCUT2D eigenvalue weighted by molar-refractivity contribution is 7.09. The third-order valence-electron chi connectivity index (χ3n) is 4.87. The van der Waals surface area contributed by atoms with Gasteiger partial charge in [0.15, 0.2) is 0 Å². The first kappa shape index (κ1) is 19.8. The second kappa shape index (κ2) is 8.40. The van der Waals surface area contributed by atoms with Crippen molar-refractivity contribution in [3.63, 3.8) is 0 Å². The number of benzene rings is 1. The number of carbonyl (C=O) groups excluding carboxylic acids is 1. The molecule has 0 spiro atoms. The number of primary amides is 1. The zero-order valence-corrected chi connectivity index (χ0v) is 17.5. The molecule has 1 aromatic carbocycles. The molecule has 2 aromatic heterocycles. The van der Waals surface area contributed by atoms with Gasteiger partial charge >= 0.3 is 0 Å². The molecule has 2 atom stereocenters. The number of fused-ring (bicyclic) bond motifs is 1. The maximum atomic E-state index is 11.5. The number of amides is 1. The van der Waals surface area contributed by atoms with Crippen LogP contribution in [0.15, 0.2) is 23.6 Å². The second-order valence-corrected chi connectivity index (χ2v) is 8.56. The normalized spacial score (nSPS) is 13.8. The number of nitrogens with two attached hydrogens (primary N) is 1. The maximum Gasteiger partial charge on any atom is 0.217 e. The standard InChI is InChI=1S/C20H25ClN4OS/c1-4-7-25-18-9-14(21)5-6-16(18)24-20(25)10-15(12(2)8-19(22)26)17-11-27-13(3)23-17/h5-6,9,11-12,15H,4,7-8,10H2,1-3H3,(H2,22,26). The summed E-state index contributed by atoms with van der Waals surface area (Å²) in [6, 6.07) is 5.80. The van der Waals surface area contributed by atoms with Gasteiger partial charge in [0.1, 0.15) is 5.82 Å². The molecule has 3 rings (SSSR count). The largest absolute Gasteiger partial charge is 0.370 e. The van der Waals surface area contributed by atoms with Crippen molar-refractivity contribution in [2.24, 2.45) is 11.7 Å². The van der Waals surface area contributed by atoms with Gasteiger partial charge in [0.05, 0.1) is 21.7 Å². The number of nitrogens with zero attached hydrogens (tertiary/aromatic N) is 3. The molecule has 7 heteroatoms. The van der Waals surface area contributed by atoms with Gasteiger partial charge in [-0.1, -0.05) is 25.4 Å². The molecule has 0 bridgehead atoms. The van der Waals surface area contributed by atoms with E-state index < -0.39 is 0 Å². The summed E-state index contributed by atoms with van der Waals surface area (Å²) >= 11 is 7.84. The van der Waals surface area contributed by atoms with Crippen LogP contribution in [-0.2, 0) is 17.8 Å². The number of hydrogen-bond acceptors (Lipinski definition) is 4.